The van der Waals surface area contributed by atoms with Crippen LogP contribution in [0.3, 0.4) is 0 Å². The molecule has 4 nitrogen and oxygen atoms in total. The van der Waals surface area contributed by atoms with Crippen molar-refractivity contribution in [3.05, 3.63) is 53.7 Å². The molecule has 0 aliphatic heterocycles. The van der Waals surface area contributed by atoms with Gasteiger partial charge in [0.25, 0.3) is 0 Å². The first-order valence-corrected chi connectivity index (χ1v) is 4.56. The van der Waals surface area contributed by atoms with Crippen molar-refractivity contribution in [1.82, 2.24) is 9.97 Å². The van der Waals surface area contributed by atoms with Crippen LogP contribution in [0.4, 0.5) is 10.2 Å². The molecule has 1 aromatic carbocycles. The van der Waals surface area contributed by atoms with E-state index in [2.05, 4.69) is 9.97 Å². The zero-order valence-electron chi connectivity index (χ0n) is 8.22. The Labute approximate surface area is 91.0 Å². The Morgan fingerprint density at radius 2 is 1.94 bits per heavy atom. The summed E-state index contributed by atoms with van der Waals surface area (Å²) in [5.41, 5.74) is 5.70. The van der Waals surface area contributed by atoms with E-state index in [-0.39, 0.29) is 17.4 Å². The molecule has 5 heteroatoms. The first-order chi connectivity index (χ1) is 7.68. The van der Waals surface area contributed by atoms with Crippen molar-refractivity contribution < 1.29 is 9.18 Å². The standard InChI is InChI=1S/C11H8FN3O/c12-8-6-14-11(15-10(8)13)9(16)7-4-2-1-3-5-7/h1-6H,(H2,13,14,15). The molecule has 0 spiro atoms. The summed E-state index contributed by atoms with van der Waals surface area (Å²) in [6.45, 7) is 0. The van der Waals surface area contributed by atoms with Crippen molar-refractivity contribution in [2.75, 3.05) is 5.73 Å². The molecule has 0 atom stereocenters. The minimum atomic E-state index is -0.732. The van der Waals surface area contributed by atoms with Gasteiger partial charge in [0.15, 0.2) is 11.6 Å². The van der Waals surface area contributed by atoms with Gasteiger partial charge >= 0.3 is 0 Å². The minimum absolute atomic E-state index is 0.106. The zero-order valence-corrected chi connectivity index (χ0v) is 8.22. The highest BCUT2D eigenvalue weighted by molar-refractivity contribution is 6.06. The molecule has 1 aromatic heterocycles. The fraction of sp³-hybridized carbons (Fsp3) is 0. The van der Waals surface area contributed by atoms with Gasteiger partial charge in [-0.2, -0.15) is 0 Å². The molecule has 0 bridgehead atoms. The van der Waals surface area contributed by atoms with E-state index in [1.165, 1.54) is 0 Å². The predicted octanol–water partition coefficient (Wildman–Crippen LogP) is 1.43. The van der Waals surface area contributed by atoms with Gasteiger partial charge in [0.05, 0.1) is 6.20 Å². The number of carbonyl (C=O) groups excluding carboxylic acids is 1. The third-order valence-corrected chi connectivity index (χ3v) is 2.01. The lowest BCUT2D eigenvalue weighted by Crippen LogP contribution is -2.09. The van der Waals surface area contributed by atoms with E-state index < -0.39 is 5.82 Å². The van der Waals surface area contributed by atoms with Gasteiger partial charge < -0.3 is 5.73 Å². The fourth-order valence-corrected chi connectivity index (χ4v) is 1.21. The Balaban J connectivity index is 2.39. The van der Waals surface area contributed by atoms with Crippen molar-refractivity contribution in [3.63, 3.8) is 0 Å². The molecule has 80 valence electrons. The molecule has 2 aromatic rings. The molecular weight excluding hydrogens is 209 g/mol. The van der Waals surface area contributed by atoms with Gasteiger partial charge in [-0.25, -0.2) is 14.4 Å². The van der Waals surface area contributed by atoms with Gasteiger partial charge in [-0.05, 0) is 0 Å². The quantitative estimate of drug-likeness (QED) is 0.772. The number of nitrogens with zero attached hydrogens (tertiary/aromatic N) is 2. The maximum atomic E-state index is 12.8. The molecule has 2 N–H and O–H groups in total. The normalized spacial score (nSPS) is 10.1. The maximum absolute atomic E-state index is 12.8. The second-order valence-electron chi connectivity index (χ2n) is 3.12. The van der Waals surface area contributed by atoms with Crippen LogP contribution in [0.1, 0.15) is 16.2 Å². The summed E-state index contributed by atoms with van der Waals surface area (Å²) in [5.74, 6) is -1.55. The van der Waals surface area contributed by atoms with Crippen LogP contribution in [0.25, 0.3) is 0 Å². The van der Waals surface area contributed by atoms with Crippen LogP contribution in [0.2, 0.25) is 0 Å². The molecular formula is C11H8FN3O. The summed E-state index contributed by atoms with van der Waals surface area (Å²) in [5, 5.41) is 0. The Morgan fingerprint density at radius 1 is 1.25 bits per heavy atom. The number of ketones is 1. The number of aromatic nitrogens is 2. The molecule has 0 amide bonds. The average Bonchev–Trinajstić information content (AvgIpc) is 2.33. The largest absolute Gasteiger partial charge is 0.381 e. The number of nitrogens with two attached hydrogens (primary N) is 1. The third-order valence-electron chi connectivity index (χ3n) is 2.01. The maximum Gasteiger partial charge on any atom is 0.230 e. The van der Waals surface area contributed by atoms with Crippen LogP contribution >= 0.6 is 0 Å². The number of hydrogen-bond acceptors (Lipinski definition) is 4. The number of anilines is 1. The lowest BCUT2D eigenvalue weighted by Gasteiger charge is -2.00. The molecule has 0 radical (unpaired) electrons. The van der Waals surface area contributed by atoms with Crippen LogP contribution < -0.4 is 5.73 Å². The van der Waals surface area contributed by atoms with Crippen molar-refractivity contribution in [2.24, 2.45) is 0 Å². The average molecular weight is 217 g/mol. The van der Waals surface area contributed by atoms with Crippen LogP contribution in [-0.4, -0.2) is 15.8 Å². The van der Waals surface area contributed by atoms with E-state index in [1.54, 1.807) is 30.3 Å². The van der Waals surface area contributed by atoms with Gasteiger partial charge in [0.2, 0.25) is 11.6 Å². The summed E-state index contributed by atoms with van der Waals surface area (Å²) in [6, 6.07) is 8.49. The number of rotatable bonds is 2. The van der Waals surface area contributed by atoms with Gasteiger partial charge in [-0.15, -0.1) is 0 Å². The Kier molecular flexibility index (Phi) is 2.59. The summed E-state index contributed by atoms with van der Waals surface area (Å²) in [7, 11) is 0. The molecule has 0 saturated carbocycles. The number of benzene rings is 1. The van der Waals surface area contributed by atoms with E-state index in [9.17, 15) is 9.18 Å². The van der Waals surface area contributed by atoms with Gasteiger partial charge in [-0.1, -0.05) is 30.3 Å². The van der Waals surface area contributed by atoms with Crippen molar-refractivity contribution in [2.45, 2.75) is 0 Å². The third kappa shape index (κ3) is 1.88. The molecule has 0 saturated heterocycles. The summed E-state index contributed by atoms with van der Waals surface area (Å²) < 4.78 is 12.8. The highest BCUT2D eigenvalue weighted by Gasteiger charge is 2.13. The number of carbonyl (C=O) groups is 1. The summed E-state index contributed by atoms with van der Waals surface area (Å²) in [6.07, 6.45) is 0.887. The highest BCUT2D eigenvalue weighted by atomic mass is 19.1. The summed E-state index contributed by atoms with van der Waals surface area (Å²) in [4.78, 5) is 19.0. The predicted molar refractivity (Wildman–Crippen MR) is 56.3 cm³/mol. The van der Waals surface area contributed by atoms with E-state index in [1.807, 2.05) is 0 Å². The SMILES string of the molecule is Nc1nc(C(=O)c2ccccc2)ncc1F. The topological polar surface area (TPSA) is 68.9 Å². The van der Waals surface area contributed by atoms with Gasteiger partial charge in [0, 0.05) is 5.56 Å². The molecule has 0 fully saturated rings. The molecule has 2 rings (SSSR count). The van der Waals surface area contributed by atoms with Gasteiger partial charge in [-0.3, -0.25) is 4.79 Å². The van der Waals surface area contributed by atoms with Crippen LogP contribution in [0.15, 0.2) is 36.5 Å². The smallest absolute Gasteiger partial charge is 0.230 e. The van der Waals surface area contributed by atoms with Crippen molar-refractivity contribution in [3.8, 4) is 0 Å². The lowest BCUT2D eigenvalue weighted by atomic mass is 10.1. The van der Waals surface area contributed by atoms with Crippen LogP contribution in [0, 0.1) is 5.82 Å². The van der Waals surface area contributed by atoms with E-state index in [0.29, 0.717) is 5.56 Å². The second-order valence-corrected chi connectivity index (χ2v) is 3.12. The van der Waals surface area contributed by atoms with E-state index >= 15 is 0 Å². The lowest BCUT2D eigenvalue weighted by molar-refractivity contribution is 0.102. The first-order valence-electron chi connectivity index (χ1n) is 4.56. The van der Waals surface area contributed by atoms with Crippen molar-refractivity contribution >= 4 is 11.6 Å². The molecule has 1 heterocycles. The van der Waals surface area contributed by atoms with E-state index in [4.69, 9.17) is 5.73 Å². The minimum Gasteiger partial charge on any atom is -0.381 e. The number of halogens is 1. The Bertz CT molecular complexity index is 528. The number of nitrogen functional groups attached to an aromatic ring is 1. The second kappa shape index (κ2) is 4.06. The van der Waals surface area contributed by atoms with Crippen LogP contribution in [0.5, 0.6) is 0 Å². The Morgan fingerprint density at radius 3 is 2.56 bits per heavy atom. The van der Waals surface area contributed by atoms with E-state index in [0.717, 1.165) is 6.20 Å². The molecule has 0 unspecified atom stereocenters. The van der Waals surface area contributed by atoms with Crippen molar-refractivity contribution in [1.29, 1.82) is 0 Å². The fourth-order valence-electron chi connectivity index (χ4n) is 1.21. The molecule has 0 aliphatic rings. The summed E-state index contributed by atoms with van der Waals surface area (Å²) >= 11 is 0. The molecule has 16 heavy (non-hydrogen) atoms. The highest BCUT2D eigenvalue weighted by Crippen LogP contribution is 2.09. The number of hydrogen-bond donors (Lipinski definition) is 1. The monoisotopic (exact) mass is 217 g/mol. The van der Waals surface area contributed by atoms with Gasteiger partial charge in [0.1, 0.15) is 0 Å². The van der Waals surface area contributed by atoms with Crippen LogP contribution in [-0.2, 0) is 0 Å². The molecule has 0 aliphatic carbocycles. The first kappa shape index (κ1) is 10.2. The zero-order chi connectivity index (χ0) is 11.5. The Hall–Kier alpha value is -2.30.